The zero-order valence-electron chi connectivity index (χ0n) is 10.4. The standard InChI is InChI=1S/C13H19N3O/c1-11(14)15-7-9-16(10-8-15)12-3-5-13(17-2)6-4-12/h3-6,14H,7-10H2,1-2H3. The highest BCUT2D eigenvalue weighted by molar-refractivity contribution is 5.76. The second-order valence-electron chi connectivity index (χ2n) is 4.26. The molecular formula is C13H19N3O. The number of benzene rings is 1. The molecule has 1 aromatic carbocycles. The molecule has 0 bridgehead atoms. The molecular weight excluding hydrogens is 214 g/mol. The van der Waals surface area contributed by atoms with Crippen LogP contribution >= 0.6 is 0 Å². The summed E-state index contributed by atoms with van der Waals surface area (Å²) in [5.41, 5.74) is 1.23. The van der Waals surface area contributed by atoms with Crippen LogP contribution in [0.2, 0.25) is 0 Å². The molecule has 0 saturated carbocycles. The van der Waals surface area contributed by atoms with Gasteiger partial charge in [-0.1, -0.05) is 0 Å². The molecule has 1 fully saturated rings. The maximum absolute atomic E-state index is 7.60. The summed E-state index contributed by atoms with van der Waals surface area (Å²) < 4.78 is 5.15. The molecule has 1 aliphatic heterocycles. The van der Waals surface area contributed by atoms with Gasteiger partial charge in [-0.05, 0) is 31.2 Å². The van der Waals surface area contributed by atoms with E-state index in [1.807, 2.05) is 19.1 Å². The number of ether oxygens (including phenoxy) is 1. The molecule has 1 aromatic rings. The van der Waals surface area contributed by atoms with E-state index in [2.05, 4.69) is 21.9 Å². The van der Waals surface area contributed by atoms with Crippen molar-refractivity contribution in [2.75, 3.05) is 38.2 Å². The van der Waals surface area contributed by atoms with Gasteiger partial charge in [0.25, 0.3) is 0 Å². The lowest BCUT2D eigenvalue weighted by molar-refractivity contribution is 0.381. The maximum Gasteiger partial charge on any atom is 0.119 e. The summed E-state index contributed by atoms with van der Waals surface area (Å²) in [5.74, 6) is 1.56. The van der Waals surface area contributed by atoms with Crippen LogP contribution in [0.5, 0.6) is 5.75 Å². The summed E-state index contributed by atoms with van der Waals surface area (Å²) in [4.78, 5) is 4.46. The van der Waals surface area contributed by atoms with Gasteiger partial charge in [-0.3, -0.25) is 5.41 Å². The van der Waals surface area contributed by atoms with E-state index >= 15 is 0 Å². The Balaban J connectivity index is 1.97. The number of hydrogen-bond acceptors (Lipinski definition) is 3. The Bertz CT molecular complexity index is 380. The molecule has 0 aliphatic carbocycles. The monoisotopic (exact) mass is 233 g/mol. The van der Waals surface area contributed by atoms with Gasteiger partial charge in [0.15, 0.2) is 0 Å². The molecule has 0 atom stereocenters. The molecule has 1 N–H and O–H groups in total. The van der Waals surface area contributed by atoms with Crippen molar-refractivity contribution in [1.82, 2.24) is 4.90 Å². The second kappa shape index (κ2) is 5.08. The number of anilines is 1. The van der Waals surface area contributed by atoms with Gasteiger partial charge >= 0.3 is 0 Å². The summed E-state index contributed by atoms with van der Waals surface area (Å²) >= 11 is 0. The lowest BCUT2D eigenvalue weighted by Gasteiger charge is -2.36. The van der Waals surface area contributed by atoms with Crippen LogP contribution < -0.4 is 9.64 Å². The number of piperazine rings is 1. The highest BCUT2D eigenvalue weighted by Crippen LogP contribution is 2.20. The first-order valence-corrected chi connectivity index (χ1v) is 5.90. The van der Waals surface area contributed by atoms with Crippen LogP contribution in [-0.4, -0.2) is 44.0 Å². The predicted molar refractivity (Wildman–Crippen MR) is 70.2 cm³/mol. The minimum atomic E-state index is 0.666. The van der Waals surface area contributed by atoms with Crippen molar-refractivity contribution in [3.63, 3.8) is 0 Å². The van der Waals surface area contributed by atoms with Crippen LogP contribution in [-0.2, 0) is 0 Å². The number of hydrogen-bond donors (Lipinski definition) is 1. The van der Waals surface area contributed by atoms with Crippen molar-refractivity contribution in [1.29, 1.82) is 5.41 Å². The van der Waals surface area contributed by atoms with Crippen molar-refractivity contribution in [3.8, 4) is 5.75 Å². The van der Waals surface area contributed by atoms with Crippen molar-refractivity contribution in [2.45, 2.75) is 6.92 Å². The maximum atomic E-state index is 7.60. The van der Waals surface area contributed by atoms with E-state index in [9.17, 15) is 0 Å². The van der Waals surface area contributed by atoms with Crippen molar-refractivity contribution in [2.24, 2.45) is 0 Å². The van der Waals surface area contributed by atoms with Gasteiger partial charge in [-0.25, -0.2) is 0 Å². The highest BCUT2D eigenvalue weighted by Gasteiger charge is 2.17. The zero-order valence-corrected chi connectivity index (χ0v) is 10.4. The first-order chi connectivity index (χ1) is 8.20. The Hall–Kier alpha value is -1.71. The van der Waals surface area contributed by atoms with Crippen molar-refractivity contribution < 1.29 is 4.74 Å². The first kappa shape index (κ1) is 11.8. The van der Waals surface area contributed by atoms with Gasteiger partial charge in [0.1, 0.15) is 5.75 Å². The number of methoxy groups -OCH3 is 1. The van der Waals surface area contributed by atoms with Crippen LogP contribution in [0.15, 0.2) is 24.3 Å². The molecule has 0 spiro atoms. The van der Waals surface area contributed by atoms with Crippen molar-refractivity contribution >= 4 is 11.5 Å². The van der Waals surface area contributed by atoms with Crippen molar-refractivity contribution in [3.05, 3.63) is 24.3 Å². The number of nitrogens with one attached hydrogen (secondary N) is 1. The molecule has 2 rings (SSSR count). The van der Waals surface area contributed by atoms with Crippen LogP contribution in [0.1, 0.15) is 6.92 Å². The van der Waals surface area contributed by atoms with Gasteiger partial charge in [0.2, 0.25) is 0 Å². The van der Waals surface area contributed by atoms with Crippen LogP contribution in [0.3, 0.4) is 0 Å². The molecule has 92 valence electrons. The van der Waals surface area contributed by atoms with Gasteiger partial charge in [0, 0.05) is 31.9 Å². The van der Waals surface area contributed by atoms with Gasteiger partial charge in [-0.2, -0.15) is 0 Å². The Labute approximate surface area is 102 Å². The largest absolute Gasteiger partial charge is 0.497 e. The minimum absolute atomic E-state index is 0.666. The fourth-order valence-corrected chi connectivity index (χ4v) is 2.09. The summed E-state index contributed by atoms with van der Waals surface area (Å²) in [5, 5.41) is 7.60. The van der Waals surface area contributed by atoms with E-state index in [1.54, 1.807) is 7.11 Å². The number of rotatable bonds is 2. The Kier molecular flexibility index (Phi) is 3.52. The molecule has 1 aliphatic rings. The second-order valence-corrected chi connectivity index (χ2v) is 4.26. The average Bonchev–Trinajstić information content (AvgIpc) is 2.39. The Morgan fingerprint density at radius 1 is 1.12 bits per heavy atom. The van der Waals surface area contributed by atoms with E-state index in [0.29, 0.717) is 5.84 Å². The van der Waals surface area contributed by atoms with E-state index in [0.717, 1.165) is 31.9 Å². The topological polar surface area (TPSA) is 39.6 Å². The predicted octanol–water partition coefficient (Wildman–Crippen LogP) is 1.81. The van der Waals surface area contributed by atoms with Gasteiger partial charge in [-0.15, -0.1) is 0 Å². The minimum Gasteiger partial charge on any atom is -0.497 e. The third-order valence-electron chi connectivity index (χ3n) is 3.19. The molecule has 4 heteroatoms. The molecule has 4 nitrogen and oxygen atoms in total. The normalized spacial score (nSPS) is 15.9. The summed E-state index contributed by atoms with van der Waals surface area (Å²) in [6.07, 6.45) is 0. The SMILES string of the molecule is COc1ccc(N2CCN(C(C)=N)CC2)cc1. The molecule has 1 saturated heterocycles. The fraction of sp³-hybridized carbons (Fsp3) is 0.462. The summed E-state index contributed by atoms with van der Waals surface area (Å²) in [7, 11) is 1.68. The molecule has 0 amide bonds. The quantitative estimate of drug-likeness (QED) is 0.625. The average molecular weight is 233 g/mol. The molecule has 0 unspecified atom stereocenters. The Morgan fingerprint density at radius 2 is 1.71 bits per heavy atom. The zero-order chi connectivity index (χ0) is 12.3. The molecule has 1 heterocycles. The fourth-order valence-electron chi connectivity index (χ4n) is 2.09. The smallest absolute Gasteiger partial charge is 0.119 e. The lowest BCUT2D eigenvalue weighted by atomic mass is 10.2. The highest BCUT2D eigenvalue weighted by atomic mass is 16.5. The number of nitrogens with zero attached hydrogens (tertiary/aromatic N) is 2. The summed E-state index contributed by atoms with van der Waals surface area (Å²) in [6, 6.07) is 8.16. The third kappa shape index (κ3) is 2.70. The van der Waals surface area contributed by atoms with Gasteiger partial charge in [0.05, 0.1) is 12.9 Å². The summed E-state index contributed by atoms with van der Waals surface area (Å²) in [6.45, 7) is 5.66. The van der Waals surface area contributed by atoms with Crippen LogP contribution in [0.4, 0.5) is 5.69 Å². The molecule has 0 aromatic heterocycles. The lowest BCUT2D eigenvalue weighted by Crippen LogP contribution is -2.47. The van der Waals surface area contributed by atoms with Gasteiger partial charge < -0.3 is 14.5 Å². The van der Waals surface area contributed by atoms with Crippen LogP contribution in [0.25, 0.3) is 0 Å². The van der Waals surface area contributed by atoms with E-state index in [1.165, 1.54) is 5.69 Å². The van der Waals surface area contributed by atoms with E-state index in [4.69, 9.17) is 10.1 Å². The number of amidine groups is 1. The van der Waals surface area contributed by atoms with E-state index < -0.39 is 0 Å². The first-order valence-electron chi connectivity index (χ1n) is 5.90. The van der Waals surface area contributed by atoms with E-state index in [-0.39, 0.29) is 0 Å². The molecule has 17 heavy (non-hydrogen) atoms. The molecule has 0 radical (unpaired) electrons. The van der Waals surface area contributed by atoms with Crippen LogP contribution in [0, 0.1) is 5.41 Å². The Morgan fingerprint density at radius 3 is 2.18 bits per heavy atom. The third-order valence-corrected chi connectivity index (χ3v) is 3.19.